The first-order valence-corrected chi connectivity index (χ1v) is 9.94. The Morgan fingerprint density at radius 3 is 2.69 bits per heavy atom. The monoisotopic (exact) mass is 357 g/mol. The third-order valence-corrected chi connectivity index (χ3v) is 5.37. The average molecular weight is 357 g/mol. The van der Waals surface area contributed by atoms with Crippen molar-refractivity contribution >= 4 is 17.5 Å². The second-order valence-corrected chi connectivity index (χ2v) is 8.01. The molecule has 0 aliphatic carbocycles. The summed E-state index contributed by atoms with van der Waals surface area (Å²) in [6.07, 6.45) is 3.78. The number of nitrogens with zero attached hydrogens (tertiary/aromatic N) is 2. The predicted molar refractivity (Wildman–Crippen MR) is 104 cm³/mol. The van der Waals surface area contributed by atoms with Gasteiger partial charge in [0.2, 0.25) is 5.91 Å². The summed E-state index contributed by atoms with van der Waals surface area (Å²) in [4.78, 5) is 28.6. The molecule has 0 aromatic heterocycles. The van der Waals surface area contributed by atoms with Crippen molar-refractivity contribution in [3.8, 4) is 0 Å². The highest BCUT2D eigenvalue weighted by Crippen LogP contribution is 2.22. The highest BCUT2D eigenvalue weighted by atomic mass is 16.2. The fraction of sp³-hybridized carbons (Fsp3) is 0.619. The van der Waals surface area contributed by atoms with Gasteiger partial charge >= 0.3 is 0 Å². The van der Waals surface area contributed by atoms with E-state index >= 15 is 0 Å². The molecule has 0 saturated carbocycles. The molecule has 1 aromatic carbocycles. The Kier molecular flexibility index (Phi) is 6.30. The fourth-order valence-electron chi connectivity index (χ4n) is 4.32. The summed E-state index contributed by atoms with van der Waals surface area (Å²) in [5, 5.41) is 3.02. The highest BCUT2D eigenvalue weighted by molar-refractivity contribution is 5.99. The number of carbonyl (C=O) groups excluding carboxylic acids is 2. The molecule has 142 valence electrons. The molecule has 26 heavy (non-hydrogen) atoms. The molecule has 0 radical (unpaired) electrons. The van der Waals surface area contributed by atoms with Gasteiger partial charge in [0.15, 0.2) is 0 Å². The Labute approximate surface area is 156 Å². The Hall–Kier alpha value is -1.88. The maximum absolute atomic E-state index is 12.4. The van der Waals surface area contributed by atoms with E-state index in [9.17, 15) is 9.59 Å². The van der Waals surface area contributed by atoms with E-state index in [1.807, 2.05) is 24.3 Å². The van der Waals surface area contributed by atoms with Gasteiger partial charge in [0.25, 0.3) is 5.91 Å². The lowest BCUT2D eigenvalue weighted by atomic mass is 9.92. The summed E-state index contributed by atoms with van der Waals surface area (Å²) in [6, 6.07) is 7.39. The molecular weight excluding hydrogens is 326 g/mol. The van der Waals surface area contributed by atoms with Crippen molar-refractivity contribution in [2.75, 3.05) is 37.6 Å². The van der Waals surface area contributed by atoms with Crippen molar-refractivity contribution < 1.29 is 9.59 Å². The van der Waals surface area contributed by atoms with E-state index in [0.29, 0.717) is 18.5 Å². The molecule has 5 heteroatoms. The number of hydrogen-bond acceptors (Lipinski definition) is 3. The first-order valence-electron chi connectivity index (χ1n) is 9.94. The zero-order valence-electron chi connectivity index (χ0n) is 16.0. The molecule has 0 spiro atoms. The molecule has 2 atom stereocenters. The molecule has 1 aromatic rings. The molecule has 0 bridgehead atoms. The van der Waals surface area contributed by atoms with E-state index < -0.39 is 0 Å². The lowest BCUT2D eigenvalue weighted by Crippen LogP contribution is -2.40. The largest absolute Gasteiger partial charge is 0.352 e. The molecule has 2 saturated heterocycles. The number of piperidine rings is 1. The van der Waals surface area contributed by atoms with Crippen LogP contribution in [0.4, 0.5) is 5.69 Å². The van der Waals surface area contributed by atoms with Crippen LogP contribution >= 0.6 is 0 Å². The number of carbonyl (C=O) groups is 2. The van der Waals surface area contributed by atoms with E-state index in [2.05, 4.69) is 24.1 Å². The molecule has 1 N–H and O–H groups in total. The topological polar surface area (TPSA) is 52.7 Å². The van der Waals surface area contributed by atoms with Crippen LogP contribution in [0.25, 0.3) is 0 Å². The number of nitrogens with one attached hydrogen (secondary N) is 1. The van der Waals surface area contributed by atoms with E-state index in [1.165, 1.54) is 19.5 Å². The van der Waals surface area contributed by atoms with Crippen LogP contribution in [-0.4, -0.2) is 49.4 Å². The molecular formula is C21H31N3O2. The number of rotatable bonds is 6. The number of hydrogen-bond donors (Lipinski definition) is 1. The number of amides is 2. The summed E-state index contributed by atoms with van der Waals surface area (Å²) in [6.45, 7) is 9.46. The van der Waals surface area contributed by atoms with Gasteiger partial charge in [-0.2, -0.15) is 0 Å². The third kappa shape index (κ3) is 4.85. The number of anilines is 1. The van der Waals surface area contributed by atoms with Crippen molar-refractivity contribution in [2.45, 2.75) is 39.5 Å². The molecule has 2 fully saturated rings. The minimum absolute atomic E-state index is 0.0566. The van der Waals surface area contributed by atoms with Crippen LogP contribution in [0.1, 0.15) is 49.9 Å². The van der Waals surface area contributed by atoms with Crippen molar-refractivity contribution in [3.05, 3.63) is 29.8 Å². The van der Waals surface area contributed by atoms with Crippen LogP contribution in [0.3, 0.4) is 0 Å². The van der Waals surface area contributed by atoms with Gasteiger partial charge < -0.3 is 15.1 Å². The van der Waals surface area contributed by atoms with E-state index in [-0.39, 0.29) is 11.8 Å². The van der Waals surface area contributed by atoms with Gasteiger partial charge in [0, 0.05) is 43.9 Å². The first kappa shape index (κ1) is 18.9. The van der Waals surface area contributed by atoms with E-state index in [4.69, 9.17) is 0 Å². The predicted octanol–water partition coefficient (Wildman–Crippen LogP) is 2.91. The summed E-state index contributed by atoms with van der Waals surface area (Å²) in [5.41, 5.74) is 1.46. The smallest absolute Gasteiger partial charge is 0.251 e. The van der Waals surface area contributed by atoms with Gasteiger partial charge in [-0.3, -0.25) is 9.59 Å². The second-order valence-electron chi connectivity index (χ2n) is 8.01. The SMILES string of the molecule is C[C@@H]1C[C@@H](C)CN(CCCNC(=O)c2cccc(N3CCCC3=O)c2)C1. The summed E-state index contributed by atoms with van der Waals surface area (Å²) in [5.74, 6) is 1.63. The standard InChI is InChI=1S/C21H31N3O2/c1-16-12-17(2)15-23(14-16)10-5-9-22-21(26)18-6-3-7-19(13-18)24-11-4-8-20(24)25/h3,6-7,13,16-17H,4-5,8-12,14-15H2,1-2H3,(H,22,26)/t16-,17-/m1/s1. The van der Waals surface area contributed by atoms with Gasteiger partial charge in [0.05, 0.1) is 0 Å². The molecule has 2 amide bonds. The van der Waals surface area contributed by atoms with Gasteiger partial charge in [0.1, 0.15) is 0 Å². The van der Waals surface area contributed by atoms with Gasteiger partial charge in [-0.05, 0) is 55.8 Å². The quantitative estimate of drug-likeness (QED) is 0.797. The maximum Gasteiger partial charge on any atom is 0.251 e. The first-order chi connectivity index (χ1) is 12.5. The third-order valence-electron chi connectivity index (χ3n) is 5.37. The van der Waals surface area contributed by atoms with Crippen molar-refractivity contribution in [1.29, 1.82) is 0 Å². The average Bonchev–Trinajstić information content (AvgIpc) is 3.04. The van der Waals surface area contributed by atoms with Crippen LogP contribution in [0, 0.1) is 11.8 Å². The highest BCUT2D eigenvalue weighted by Gasteiger charge is 2.23. The van der Waals surface area contributed by atoms with E-state index in [0.717, 1.165) is 43.5 Å². The molecule has 0 unspecified atom stereocenters. The lowest BCUT2D eigenvalue weighted by Gasteiger charge is -2.34. The number of benzene rings is 1. The van der Waals surface area contributed by atoms with Crippen LogP contribution in [0.2, 0.25) is 0 Å². The Morgan fingerprint density at radius 1 is 1.23 bits per heavy atom. The number of likely N-dealkylation sites (tertiary alicyclic amines) is 1. The van der Waals surface area contributed by atoms with Crippen LogP contribution in [0.15, 0.2) is 24.3 Å². The fourth-order valence-corrected chi connectivity index (χ4v) is 4.32. The Bertz CT molecular complexity index is 636. The van der Waals surface area contributed by atoms with Gasteiger partial charge in [-0.1, -0.05) is 19.9 Å². The van der Waals surface area contributed by atoms with Gasteiger partial charge in [-0.25, -0.2) is 0 Å². The van der Waals surface area contributed by atoms with Crippen LogP contribution in [0.5, 0.6) is 0 Å². The zero-order valence-corrected chi connectivity index (χ0v) is 16.0. The minimum Gasteiger partial charge on any atom is -0.352 e. The Balaban J connectivity index is 1.46. The summed E-state index contributed by atoms with van der Waals surface area (Å²) in [7, 11) is 0. The van der Waals surface area contributed by atoms with Crippen molar-refractivity contribution in [3.63, 3.8) is 0 Å². The van der Waals surface area contributed by atoms with Crippen molar-refractivity contribution in [1.82, 2.24) is 10.2 Å². The van der Waals surface area contributed by atoms with E-state index in [1.54, 1.807) is 4.90 Å². The zero-order chi connectivity index (χ0) is 18.5. The molecule has 2 heterocycles. The van der Waals surface area contributed by atoms with Gasteiger partial charge in [-0.15, -0.1) is 0 Å². The second kappa shape index (κ2) is 8.67. The summed E-state index contributed by atoms with van der Waals surface area (Å²) < 4.78 is 0. The maximum atomic E-state index is 12.4. The molecule has 3 rings (SSSR count). The van der Waals surface area contributed by atoms with Crippen LogP contribution in [-0.2, 0) is 4.79 Å². The van der Waals surface area contributed by atoms with Crippen molar-refractivity contribution in [2.24, 2.45) is 11.8 Å². The molecule has 2 aliphatic heterocycles. The normalized spacial score (nSPS) is 24.1. The molecule has 5 nitrogen and oxygen atoms in total. The lowest BCUT2D eigenvalue weighted by molar-refractivity contribution is -0.117. The van der Waals surface area contributed by atoms with Crippen LogP contribution < -0.4 is 10.2 Å². The Morgan fingerprint density at radius 2 is 2.00 bits per heavy atom. The summed E-state index contributed by atoms with van der Waals surface area (Å²) >= 11 is 0. The minimum atomic E-state index is -0.0566. The molecule has 2 aliphatic rings.